The quantitative estimate of drug-likeness (QED) is 0.430. The van der Waals surface area contributed by atoms with Gasteiger partial charge in [0, 0.05) is 6.42 Å². The van der Waals surface area contributed by atoms with E-state index in [2.05, 4.69) is 69.8 Å². The molecule has 0 saturated carbocycles. The fourth-order valence-electron chi connectivity index (χ4n) is 2.55. The molecular weight excluding hydrogens is 302 g/mol. The molecule has 126 valence electrons. The van der Waals surface area contributed by atoms with Gasteiger partial charge < -0.3 is 0 Å². The fraction of sp³-hybridized carbons (Fsp3) is 0.316. The maximum absolute atomic E-state index is 11.3. The molecule has 0 aliphatic rings. The van der Waals surface area contributed by atoms with Crippen molar-refractivity contribution in [3.8, 4) is 0 Å². The number of nitrogens with two attached hydrogens (primary N) is 1. The first-order chi connectivity index (χ1) is 11.8. The molecule has 0 heterocycles. The van der Waals surface area contributed by atoms with E-state index >= 15 is 0 Å². The Bertz CT molecular complexity index is 639. The highest BCUT2D eigenvalue weighted by molar-refractivity contribution is 5.76. The van der Waals surface area contributed by atoms with Gasteiger partial charge in [0.25, 0.3) is 5.91 Å². The molecule has 0 aliphatic carbocycles. The molecule has 0 unspecified atom stereocenters. The van der Waals surface area contributed by atoms with Gasteiger partial charge >= 0.3 is 0 Å². The van der Waals surface area contributed by atoms with Gasteiger partial charge in [0.05, 0.1) is 5.28 Å². The SMILES string of the molecule is NON=NC(=O)CCc1ccc(CCCCc2ccccc2)cc1. The molecule has 0 radical (unpaired) electrons. The molecule has 2 aromatic carbocycles. The second-order valence-corrected chi connectivity index (χ2v) is 5.69. The summed E-state index contributed by atoms with van der Waals surface area (Å²) in [4.78, 5) is 15.2. The summed E-state index contributed by atoms with van der Waals surface area (Å²) >= 11 is 0. The molecule has 0 aromatic heterocycles. The van der Waals surface area contributed by atoms with Crippen LogP contribution in [0.25, 0.3) is 0 Å². The highest BCUT2D eigenvalue weighted by Crippen LogP contribution is 2.12. The molecule has 0 saturated heterocycles. The van der Waals surface area contributed by atoms with Crippen molar-refractivity contribution in [3.63, 3.8) is 0 Å². The van der Waals surface area contributed by atoms with Crippen LogP contribution >= 0.6 is 0 Å². The minimum Gasteiger partial charge on any atom is -0.282 e. The fourth-order valence-corrected chi connectivity index (χ4v) is 2.55. The summed E-state index contributed by atoms with van der Waals surface area (Å²) in [6.07, 6.45) is 5.50. The van der Waals surface area contributed by atoms with Crippen molar-refractivity contribution >= 4 is 5.91 Å². The van der Waals surface area contributed by atoms with Crippen molar-refractivity contribution in [3.05, 3.63) is 71.3 Å². The Morgan fingerprint density at radius 3 is 1.96 bits per heavy atom. The van der Waals surface area contributed by atoms with Gasteiger partial charge in [-0.2, -0.15) is 0 Å². The van der Waals surface area contributed by atoms with Gasteiger partial charge in [0.15, 0.2) is 0 Å². The van der Waals surface area contributed by atoms with E-state index in [9.17, 15) is 4.79 Å². The Balaban J connectivity index is 1.68. The summed E-state index contributed by atoms with van der Waals surface area (Å²) in [6, 6.07) is 19.0. The van der Waals surface area contributed by atoms with Gasteiger partial charge in [-0.25, -0.2) is 0 Å². The average molecular weight is 325 g/mol. The number of amides is 1. The van der Waals surface area contributed by atoms with E-state index in [1.54, 1.807) is 0 Å². The first-order valence-electron chi connectivity index (χ1n) is 8.19. The van der Waals surface area contributed by atoms with Crippen LogP contribution < -0.4 is 5.90 Å². The van der Waals surface area contributed by atoms with Crippen LogP contribution in [-0.4, -0.2) is 5.91 Å². The third kappa shape index (κ3) is 6.71. The van der Waals surface area contributed by atoms with Crippen LogP contribution in [0.1, 0.15) is 36.0 Å². The van der Waals surface area contributed by atoms with Crippen LogP contribution in [0.2, 0.25) is 0 Å². The highest BCUT2D eigenvalue weighted by atomic mass is 16.8. The van der Waals surface area contributed by atoms with E-state index in [4.69, 9.17) is 0 Å². The lowest BCUT2D eigenvalue weighted by Gasteiger charge is -2.04. The largest absolute Gasteiger partial charge is 0.282 e. The van der Waals surface area contributed by atoms with Crippen LogP contribution in [0.4, 0.5) is 0 Å². The lowest BCUT2D eigenvalue weighted by atomic mass is 10.0. The normalized spacial score (nSPS) is 10.9. The Hall–Kier alpha value is -2.53. The van der Waals surface area contributed by atoms with Crippen molar-refractivity contribution in [2.45, 2.75) is 38.5 Å². The van der Waals surface area contributed by atoms with Gasteiger partial charge in [0.2, 0.25) is 0 Å². The molecule has 2 aromatic rings. The maximum Gasteiger partial charge on any atom is 0.268 e. The summed E-state index contributed by atoms with van der Waals surface area (Å²) in [6.45, 7) is 0. The number of hydrogen-bond acceptors (Lipinski definition) is 4. The Morgan fingerprint density at radius 2 is 1.38 bits per heavy atom. The minimum absolute atomic E-state index is 0.295. The standard InChI is InChI=1S/C19H23N3O2/c20-24-22-21-19(23)15-14-18-12-10-17(11-13-18)9-5-4-8-16-6-2-1-3-7-16/h1-3,6-7,10-13H,4-5,8-9,14-15,20H2. The van der Waals surface area contributed by atoms with Crippen molar-refractivity contribution in [1.29, 1.82) is 0 Å². The van der Waals surface area contributed by atoms with Gasteiger partial charge in [-0.1, -0.05) is 59.7 Å². The number of aryl methyl sites for hydroxylation is 3. The van der Waals surface area contributed by atoms with E-state index in [1.807, 2.05) is 6.07 Å². The lowest BCUT2D eigenvalue weighted by molar-refractivity contribution is -0.119. The maximum atomic E-state index is 11.3. The third-order valence-corrected chi connectivity index (χ3v) is 3.87. The van der Waals surface area contributed by atoms with Gasteiger partial charge in [-0.15, -0.1) is 5.90 Å². The van der Waals surface area contributed by atoms with Crippen molar-refractivity contribution < 1.29 is 9.73 Å². The first kappa shape index (κ1) is 17.8. The third-order valence-electron chi connectivity index (χ3n) is 3.87. The van der Waals surface area contributed by atoms with Gasteiger partial charge in [-0.3, -0.25) is 9.73 Å². The molecular formula is C19H23N3O2. The van der Waals surface area contributed by atoms with E-state index < -0.39 is 0 Å². The second kappa shape index (κ2) is 10.3. The zero-order chi connectivity index (χ0) is 17.0. The number of carbonyl (C=O) groups excluding carboxylic acids is 1. The molecule has 0 spiro atoms. The predicted molar refractivity (Wildman–Crippen MR) is 93.0 cm³/mol. The Morgan fingerprint density at radius 1 is 0.833 bits per heavy atom. The number of hydrogen-bond donors (Lipinski definition) is 1. The Kier molecular flexibility index (Phi) is 7.63. The molecule has 5 heteroatoms. The second-order valence-electron chi connectivity index (χ2n) is 5.69. The molecule has 1 amide bonds. The topological polar surface area (TPSA) is 77.0 Å². The van der Waals surface area contributed by atoms with Gasteiger partial charge in [-0.05, 0) is 48.8 Å². The van der Waals surface area contributed by atoms with Crippen LogP contribution in [0.5, 0.6) is 0 Å². The zero-order valence-corrected chi connectivity index (χ0v) is 13.7. The lowest BCUT2D eigenvalue weighted by Crippen LogP contribution is -1.97. The molecule has 0 bridgehead atoms. The molecule has 2 N–H and O–H groups in total. The number of carbonyl (C=O) groups is 1. The summed E-state index contributed by atoms with van der Waals surface area (Å²) < 4.78 is 0. The van der Waals surface area contributed by atoms with Crippen LogP contribution in [0.15, 0.2) is 65.0 Å². The zero-order valence-electron chi connectivity index (χ0n) is 13.7. The summed E-state index contributed by atoms with van der Waals surface area (Å²) in [5.74, 6) is 4.33. The summed E-state index contributed by atoms with van der Waals surface area (Å²) in [5.41, 5.74) is 3.84. The number of benzene rings is 2. The van der Waals surface area contributed by atoms with Crippen molar-refractivity contribution in [2.24, 2.45) is 16.3 Å². The molecule has 0 aliphatic heterocycles. The number of rotatable bonds is 9. The van der Waals surface area contributed by atoms with Crippen LogP contribution in [0.3, 0.4) is 0 Å². The monoisotopic (exact) mass is 325 g/mol. The molecule has 24 heavy (non-hydrogen) atoms. The first-order valence-corrected chi connectivity index (χ1v) is 8.19. The van der Waals surface area contributed by atoms with Gasteiger partial charge in [0.1, 0.15) is 0 Å². The minimum atomic E-state index is -0.342. The van der Waals surface area contributed by atoms with Crippen LogP contribution in [-0.2, 0) is 29.0 Å². The molecule has 2 rings (SSSR count). The summed E-state index contributed by atoms with van der Waals surface area (Å²) in [7, 11) is 0. The molecule has 5 nitrogen and oxygen atoms in total. The van der Waals surface area contributed by atoms with Crippen LogP contribution in [0, 0.1) is 0 Å². The number of unbranched alkanes of at least 4 members (excludes halogenated alkanes) is 1. The average Bonchev–Trinajstić information content (AvgIpc) is 2.63. The van der Waals surface area contributed by atoms with E-state index in [-0.39, 0.29) is 5.91 Å². The predicted octanol–water partition coefficient (Wildman–Crippen LogP) is 3.97. The van der Waals surface area contributed by atoms with Crippen molar-refractivity contribution in [2.75, 3.05) is 0 Å². The molecule has 0 atom stereocenters. The van der Waals surface area contributed by atoms with E-state index in [1.165, 1.54) is 24.0 Å². The molecule has 0 fully saturated rings. The van der Waals surface area contributed by atoms with E-state index in [0.29, 0.717) is 12.8 Å². The van der Waals surface area contributed by atoms with E-state index in [0.717, 1.165) is 18.4 Å². The Labute approximate surface area is 142 Å². The van der Waals surface area contributed by atoms with Crippen molar-refractivity contribution in [1.82, 2.24) is 0 Å². The highest BCUT2D eigenvalue weighted by Gasteiger charge is 2.02. The summed E-state index contributed by atoms with van der Waals surface area (Å²) in [5, 5.41) is 6.30. The smallest absolute Gasteiger partial charge is 0.268 e. The number of nitrogens with zero attached hydrogens (tertiary/aromatic N) is 2.